The largest absolute Gasteiger partial charge is 0.494 e. The zero-order valence-electron chi connectivity index (χ0n) is 18.9. The van der Waals surface area contributed by atoms with Gasteiger partial charge >= 0.3 is 0 Å². The highest BCUT2D eigenvalue weighted by molar-refractivity contribution is 5.63. The predicted octanol–water partition coefficient (Wildman–Crippen LogP) is 5.55. The van der Waals surface area contributed by atoms with Gasteiger partial charge in [0.1, 0.15) is 5.65 Å². The van der Waals surface area contributed by atoms with E-state index >= 15 is 0 Å². The molecule has 0 saturated heterocycles. The van der Waals surface area contributed by atoms with Crippen LogP contribution in [0.5, 0.6) is 5.75 Å². The Balaban J connectivity index is 1.90. The monoisotopic (exact) mass is 425 g/mol. The number of benzene rings is 1. The van der Waals surface area contributed by atoms with Gasteiger partial charge in [0.05, 0.1) is 18.5 Å². The number of aromatic nitrogens is 2. The van der Waals surface area contributed by atoms with Crippen molar-refractivity contribution < 1.29 is 9.13 Å². The van der Waals surface area contributed by atoms with Crippen molar-refractivity contribution in [2.24, 2.45) is 5.92 Å². The molecule has 31 heavy (non-hydrogen) atoms. The van der Waals surface area contributed by atoms with Crippen LogP contribution < -0.4 is 15.2 Å². The van der Waals surface area contributed by atoms with E-state index in [1.54, 1.807) is 16.5 Å². The summed E-state index contributed by atoms with van der Waals surface area (Å²) in [5.41, 5.74) is 2.36. The fourth-order valence-corrected chi connectivity index (χ4v) is 3.73. The van der Waals surface area contributed by atoms with Crippen LogP contribution in [0.3, 0.4) is 0 Å². The summed E-state index contributed by atoms with van der Waals surface area (Å²) in [6, 6.07) is 9.90. The summed E-state index contributed by atoms with van der Waals surface area (Å²) in [4.78, 5) is 19.8. The smallest absolute Gasteiger partial charge is 0.258 e. The van der Waals surface area contributed by atoms with Crippen LogP contribution in [-0.2, 0) is 0 Å². The number of hydrogen-bond acceptors (Lipinski definition) is 4. The second-order valence-corrected chi connectivity index (χ2v) is 8.09. The van der Waals surface area contributed by atoms with Crippen LogP contribution in [0.25, 0.3) is 16.9 Å². The van der Waals surface area contributed by atoms with Gasteiger partial charge in [-0.2, -0.15) is 0 Å². The molecule has 0 bridgehead atoms. The molecule has 0 aliphatic carbocycles. The van der Waals surface area contributed by atoms with Gasteiger partial charge in [0.25, 0.3) is 5.56 Å². The van der Waals surface area contributed by atoms with Crippen molar-refractivity contribution in [1.29, 1.82) is 0 Å². The lowest BCUT2D eigenvalue weighted by atomic mass is 10.0. The van der Waals surface area contributed by atoms with Crippen molar-refractivity contribution in [2.45, 2.75) is 46.5 Å². The van der Waals surface area contributed by atoms with Gasteiger partial charge in [-0.15, -0.1) is 0 Å². The molecule has 0 aliphatic rings. The molecule has 2 aromatic heterocycles. The molecule has 0 amide bonds. The third-order valence-corrected chi connectivity index (χ3v) is 5.77. The summed E-state index contributed by atoms with van der Waals surface area (Å²) < 4.78 is 20.6. The van der Waals surface area contributed by atoms with Crippen LogP contribution in [0.4, 0.5) is 10.1 Å². The summed E-state index contributed by atoms with van der Waals surface area (Å²) in [5.74, 6) is 0.410. The van der Waals surface area contributed by atoms with Gasteiger partial charge in [-0.05, 0) is 55.5 Å². The fourth-order valence-electron chi connectivity index (χ4n) is 3.73. The summed E-state index contributed by atoms with van der Waals surface area (Å²) in [6.07, 6.45) is 6.43. The number of ether oxygens (including phenoxy) is 1. The molecule has 0 aliphatic heterocycles. The lowest BCUT2D eigenvalue weighted by molar-refractivity contribution is 0.386. The van der Waals surface area contributed by atoms with Gasteiger partial charge in [0, 0.05) is 30.9 Å². The quantitative estimate of drug-likeness (QED) is 0.427. The van der Waals surface area contributed by atoms with Crippen LogP contribution in [0.1, 0.15) is 46.5 Å². The predicted molar refractivity (Wildman–Crippen MR) is 125 cm³/mol. The number of methoxy groups -OCH3 is 1. The normalized spacial score (nSPS) is 12.2. The highest BCUT2D eigenvalue weighted by Gasteiger charge is 2.12. The Morgan fingerprint density at radius 1 is 1.16 bits per heavy atom. The molecule has 0 N–H and O–H groups in total. The van der Waals surface area contributed by atoms with Gasteiger partial charge < -0.3 is 9.64 Å². The Morgan fingerprint density at radius 2 is 1.97 bits per heavy atom. The zero-order valence-corrected chi connectivity index (χ0v) is 18.9. The molecular weight excluding hydrogens is 393 g/mol. The van der Waals surface area contributed by atoms with Gasteiger partial charge in [-0.25, -0.2) is 9.37 Å². The zero-order chi connectivity index (χ0) is 22.4. The molecule has 3 aromatic rings. The second kappa shape index (κ2) is 10.4. The van der Waals surface area contributed by atoms with E-state index in [9.17, 15) is 9.18 Å². The molecule has 1 atom stereocenters. The van der Waals surface area contributed by atoms with E-state index in [0.29, 0.717) is 16.9 Å². The number of hydrogen-bond donors (Lipinski definition) is 0. The number of rotatable bonds is 10. The Labute approximate surface area is 183 Å². The molecule has 2 heterocycles. The number of fused-ring (bicyclic) bond motifs is 1. The van der Waals surface area contributed by atoms with Gasteiger partial charge in [0.15, 0.2) is 11.6 Å². The van der Waals surface area contributed by atoms with Crippen molar-refractivity contribution in [3.63, 3.8) is 0 Å². The van der Waals surface area contributed by atoms with E-state index in [2.05, 4.69) is 30.7 Å². The fraction of sp³-hybridized carbons (Fsp3) is 0.440. The topological polar surface area (TPSA) is 46.8 Å². The van der Waals surface area contributed by atoms with Crippen molar-refractivity contribution in [1.82, 2.24) is 9.38 Å². The third kappa shape index (κ3) is 5.43. The first-order chi connectivity index (χ1) is 15.0. The van der Waals surface area contributed by atoms with Crippen LogP contribution >= 0.6 is 0 Å². The van der Waals surface area contributed by atoms with Crippen molar-refractivity contribution in [3.05, 3.63) is 58.8 Å². The minimum atomic E-state index is -0.482. The molecule has 0 saturated carbocycles. The molecule has 1 unspecified atom stereocenters. The number of halogens is 1. The summed E-state index contributed by atoms with van der Waals surface area (Å²) >= 11 is 0. The minimum absolute atomic E-state index is 0.162. The van der Waals surface area contributed by atoms with Crippen molar-refractivity contribution >= 4 is 11.3 Å². The highest BCUT2D eigenvalue weighted by Crippen LogP contribution is 2.24. The standard InChI is InChI=1S/C25H32FN3O2/c1-5-13-28(14-7-8-18(3)6-2)20-10-12-24-27-22(16-25(30)29(24)17-20)19-9-11-23(31-4)21(26)15-19/h9-12,15-18H,5-8,13-14H2,1-4H3. The van der Waals surface area contributed by atoms with Crippen LogP contribution in [0, 0.1) is 11.7 Å². The molecule has 0 fully saturated rings. The molecule has 3 rings (SSSR count). The summed E-state index contributed by atoms with van der Waals surface area (Å²) in [6.45, 7) is 8.59. The Hall–Kier alpha value is -2.89. The summed E-state index contributed by atoms with van der Waals surface area (Å²) in [5, 5.41) is 0. The Morgan fingerprint density at radius 3 is 2.65 bits per heavy atom. The van der Waals surface area contributed by atoms with Crippen molar-refractivity contribution in [3.8, 4) is 17.0 Å². The van der Waals surface area contributed by atoms with E-state index in [4.69, 9.17) is 4.74 Å². The molecule has 166 valence electrons. The molecule has 6 heteroatoms. The molecule has 5 nitrogen and oxygen atoms in total. The average molecular weight is 426 g/mol. The molecular formula is C25H32FN3O2. The highest BCUT2D eigenvalue weighted by atomic mass is 19.1. The van der Waals surface area contributed by atoms with E-state index < -0.39 is 5.82 Å². The first-order valence-corrected chi connectivity index (χ1v) is 11.1. The lowest BCUT2D eigenvalue weighted by Crippen LogP contribution is -2.26. The molecule has 0 radical (unpaired) electrons. The SMILES string of the molecule is CCCN(CCCC(C)CC)c1ccc2nc(-c3ccc(OC)c(F)c3)cc(=O)n2c1. The van der Waals surface area contributed by atoms with E-state index in [1.165, 1.54) is 32.1 Å². The van der Waals surface area contributed by atoms with Gasteiger partial charge in [-0.1, -0.05) is 27.2 Å². The minimum Gasteiger partial charge on any atom is -0.494 e. The van der Waals surface area contributed by atoms with E-state index in [0.717, 1.165) is 37.5 Å². The van der Waals surface area contributed by atoms with Crippen LogP contribution in [0.15, 0.2) is 47.4 Å². The maximum absolute atomic E-state index is 14.1. The molecule has 1 aromatic carbocycles. The second-order valence-electron chi connectivity index (χ2n) is 8.09. The maximum Gasteiger partial charge on any atom is 0.258 e. The lowest BCUT2D eigenvalue weighted by Gasteiger charge is -2.25. The van der Waals surface area contributed by atoms with E-state index in [-0.39, 0.29) is 11.3 Å². The first-order valence-electron chi connectivity index (χ1n) is 11.1. The number of pyridine rings is 1. The van der Waals surface area contributed by atoms with Crippen LogP contribution in [0.2, 0.25) is 0 Å². The van der Waals surface area contributed by atoms with Crippen molar-refractivity contribution in [2.75, 3.05) is 25.1 Å². The third-order valence-electron chi connectivity index (χ3n) is 5.77. The molecule has 0 spiro atoms. The first kappa shape index (κ1) is 22.8. The number of anilines is 1. The van der Waals surface area contributed by atoms with Gasteiger partial charge in [-0.3, -0.25) is 9.20 Å². The number of nitrogens with zero attached hydrogens (tertiary/aromatic N) is 3. The van der Waals surface area contributed by atoms with E-state index in [1.807, 2.05) is 18.3 Å². The summed E-state index contributed by atoms with van der Waals surface area (Å²) in [7, 11) is 1.42. The Bertz CT molecular complexity index is 1080. The van der Waals surface area contributed by atoms with Crippen LogP contribution in [-0.4, -0.2) is 29.6 Å². The average Bonchev–Trinajstić information content (AvgIpc) is 2.78. The maximum atomic E-state index is 14.1. The van der Waals surface area contributed by atoms with Gasteiger partial charge in [0.2, 0.25) is 0 Å². The Kier molecular flexibility index (Phi) is 7.66.